The maximum Gasteiger partial charge on any atom is 0.338 e. The number of esters is 2. The zero-order valence-electron chi connectivity index (χ0n) is 18.2. The Labute approximate surface area is 191 Å². The van der Waals surface area contributed by atoms with Gasteiger partial charge in [0.25, 0.3) is 0 Å². The van der Waals surface area contributed by atoms with Crippen molar-refractivity contribution in [1.29, 1.82) is 0 Å². The fourth-order valence-electron chi connectivity index (χ4n) is 2.87. The highest BCUT2D eigenvalue weighted by Crippen LogP contribution is 2.22. The molecule has 2 aromatic carbocycles. The molecule has 0 spiro atoms. The summed E-state index contributed by atoms with van der Waals surface area (Å²) in [6.07, 6.45) is 1.66. The molecular formula is C24H25N3O4S. The van der Waals surface area contributed by atoms with Gasteiger partial charge < -0.3 is 9.47 Å². The molecule has 1 N–H and O–H groups in total. The number of hydrazone groups is 1. The van der Waals surface area contributed by atoms with Gasteiger partial charge in [-0.1, -0.05) is 30.3 Å². The summed E-state index contributed by atoms with van der Waals surface area (Å²) < 4.78 is 10.2. The lowest BCUT2D eigenvalue weighted by Gasteiger charge is -2.09. The highest BCUT2D eigenvalue weighted by molar-refractivity contribution is 7.13. The van der Waals surface area contributed by atoms with Crippen molar-refractivity contribution in [3.05, 3.63) is 70.7 Å². The van der Waals surface area contributed by atoms with Crippen LogP contribution in [0.4, 0.5) is 5.13 Å². The van der Waals surface area contributed by atoms with Crippen molar-refractivity contribution in [2.45, 2.75) is 33.3 Å². The van der Waals surface area contributed by atoms with Gasteiger partial charge in [-0.15, -0.1) is 11.3 Å². The van der Waals surface area contributed by atoms with E-state index in [0.717, 1.165) is 16.7 Å². The first-order chi connectivity index (χ1) is 15.4. The molecule has 0 atom stereocenters. The number of aromatic nitrogens is 1. The molecule has 0 aliphatic rings. The molecule has 0 aliphatic carbocycles. The number of nitrogens with zero attached hydrogens (tertiary/aromatic N) is 2. The van der Waals surface area contributed by atoms with Crippen LogP contribution in [0.3, 0.4) is 0 Å². The Bertz CT molecular complexity index is 1110. The van der Waals surface area contributed by atoms with E-state index in [4.69, 9.17) is 9.47 Å². The zero-order valence-corrected chi connectivity index (χ0v) is 19.0. The fourth-order valence-corrected chi connectivity index (χ4v) is 3.53. The minimum absolute atomic E-state index is 0.140. The molecule has 166 valence electrons. The number of hydrogen-bond acceptors (Lipinski definition) is 8. The molecule has 3 aromatic rings. The molecule has 7 nitrogen and oxygen atoms in total. The van der Waals surface area contributed by atoms with Crippen LogP contribution in [0.2, 0.25) is 0 Å². The summed E-state index contributed by atoms with van der Waals surface area (Å²) in [5, 5.41) is 6.63. The normalized spacial score (nSPS) is 11.0. The van der Waals surface area contributed by atoms with Crippen molar-refractivity contribution in [3.63, 3.8) is 0 Å². The van der Waals surface area contributed by atoms with Crippen LogP contribution in [-0.2, 0) is 20.7 Å². The van der Waals surface area contributed by atoms with E-state index in [1.807, 2.05) is 56.3 Å². The lowest BCUT2D eigenvalue weighted by molar-refractivity contribution is -0.142. The monoisotopic (exact) mass is 451 g/mol. The predicted octanol–water partition coefficient (Wildman–Crippen LogP) is 4.93. The van der Waals surface area contributed by atoms with Gasteiger partial charge in [-0.05, 0) is 55.7 Å². The topological polar surface area (TPSA) is 89.9 Å². The number of rotatable bonds is 9. The summed E-state index contributed by atoms with van der Waals surface area (Å²) in [4.78, 5) is 28.1. The van der Waals surface area contributed by atoms with Gasteiger partial charge in [0, 0.05) is 5.38 Å². The minimum Gasteiger partial charge on any atom is -0.466 e. The minimum atomic E-state index is -0.338. The summed E-state index contributed by atoms with van der Waals surface area (Å²) in [7, 11) is 0. The molecule has 0 fully saturated rings. The van der Waals surface area contributed by atoms with Gasteiger partial charge >= 0.3 is 11.9 Å². The second kappa shape index (κ2) is 11.2. The van der Waals surface area contributed by atoms with Crippen molar-refractivity contribution in [2.75, 3.05) is 12.0 Å². The Morgan fingerprint density at radius 1 is 1.16 bits per heavy atom. The molecule has 0 aliphatic heterocycles. The van der Waals surface area contributed by atoms with Gasteiger partial charge in [0.05, 0.1) is 36.6 Å². The summed E-state index contributed by atoms with van der Waals surface area (Å²) in [5.41, 5.74) is 6.79. The lowest BCUT2D eigenvalue weighted by Crippen LogP contribution is -2.11. The summed E-state index contributed by atoms with van der Waals surface area (Å²) in [5.74, 6) is -0.638. The largest absolute Gasteiger partial charge is 0.466 e. The smallest absolute Gasteiger partial charge is 0.338 e. The first kappa shape index (κ1) is 23.1. The van der Waals surface area contributed by atoms with E-state index in [0.29, 0.717) is 23.0 Å². The van der Waals surface area contributed by atoms with Gasteiger partial charge in [0.15, 0.2) is 0 Å². The molecule has 3 rings (SSSR count). The zero-order chi connectivity index (χ0) is 22.9. The Morgan fingerprint density at radius 3 is 2.66 bits per heavy atom. The quantitative estimate of drug-likeness (QED) is 0.282. The van der Waals surface area contributed by atoms with E-state index in [1.165, 1.54) is 11.3 Å². The first-order valence-corrected chi connectivity index (χ1v) is 11.1. The highest BCUT2D eigenvalue weighted by Gasteiger charge is 2.11. The molecule has 0 saturated heterocycles. The molecule has 1 heterocycles. The summed E-state index contributed by atoms with van der Waals surface area (Å²) in [6, 6.07) is 15.2. The van der Waals surface area contributed by atoms with Crippen molar-refractivity contribution < 1.29 is 19.1 Å². The third-order valence-corrected chi connectivity index (χ3v) is 5.01. The Kier molecular flexibility index (Phi) is 8.10. The number of nitrogens with one attached hydrogen (secondary N) is 1. The van der Waals surface area contributed by atoms with E-state index >= 15 is 0 Å². The van der Waals surface area contributed by atoms with Crippen LogP contribution in [0.25, 0.3) is 11.1 Å². The second-order valence-corrected chi connectivity index (χ2v) is 8.01. The number of carbonyl (C=O) groups is 2. The number of thiazole rings is 1. The van der Waals surface area contributed by atoms with Crippen LogP contribution in [0.1, 0.15) is 42.4 Å². The average molecular weight is 452 g/mol. The van der Waals surface area contributed by atoms with Crippen LogP contribution in [-0.4, -0.2) is 35.8 Å². The molecule has 0 bridgehead atoms. The molecule has 1 aromatic heterocycles. The van der Waals surface area contributed by atoms with Crippen LogP contribution >= 0.6 is 11.3 Å². The Morgan fingerprint density at radius 2 is 1.91 bits per heavy atom. The number of carbonyl (C=O) groups excluding carboxylic acids is 2. The Hall–Kier alpha value is -3.52. The number of anilines is 1. The SMILES string of the molecule is CCOC(=O)Cc1csc(NN=Cc2cccc(-c3cccc(C(=O)OC(C)C)c3)c2)n1. The first-order valence-electron chi connectivity index (χ1n) is 10.2. The van der Waals surface area contributed by atoms with Crippen LogP contribution in [0, 0.1) is 0 Å². The number of benzene rings is 2. The van der Waals surface area contributed by atoms with Gasteiger partial charge in [-0.3, -0.25) is 10.2 Å². The maximum atomic E-state index is 12.2. The van der Waals surface area contributed by atoms with Crippen LogP contribution < -0.4 is 5.43 Å². The van der Waals surface area contributed by atoms with E-state index < -0.39 is 0 Å². The highest BCUT2D eigenvalue weighted by atomic mass is 32.1. The number of ether oxygens (including phenoxy) is 2. The van der Waals surface area contributed by atoms with Crippen LogP contribution in [0.15, 0.2) is 59.0 Å². The van der Waals surface area contributed by atoms with Gasteiger partial charge in [-0.25, -0.2) is 9.78 Å². The maximum absolute atomic E-state index is 12.2. The van der Waals surface area contributed by atoms with Crippen molar-refractivity contribution in [2.24, 2.45) is 5.10 Å². The summed E-state index contributed by atoms with van der Waals surface area (Å²) >= 11 is 1.37. The predicted molar refractivity (Wildman–Crippen MR) is 126 cm³/mol. The summed E-state index contributed by atoms with van der Waals surface area (Å²) in [6.45, 7) is 5.77. The number of hydrogen-bond donors (Lipinski definition) is 1. The fraction of sp³-hybridized carbons (Fsp3) is 0.250. The lowest BCUT2D eigenvalue weighted by atomic mass is 10.0. The molecule has 0 radical (unpaired) electrons. The standard InChI is InChI=1S/C24H25N3O4S/c1-4-30-22(28)13-21-15-32-24(26-21)27-25-14-17-7-5-8-18(11-17)19-9-6-10-20(12-19)23(29)31-16(2)3/h5-12,14-16H,4,13H2,1-3H3,(H,26,27). The second-order valence-electron chi connectivity index (χ2n) is 7.16. The van der Waals surface area contributed by atoms with E-state index in [2.05, 4.69) is 15.5 Å². The molecule has 32 heavy (non-hydrogen) atoms. The third-order valence-electron chi connectivity index (χ3n) is 4.22. The van der Waals surface area contributed by atoms with E-state index in [-0.39, 0.29) is 24.5 Å². The molecule has 0 unspecified atom stereocenters. The molecule has 0 amide bonds. The molecule has 8 heteroatoms. The average Bonchev–Trinajstić information content (AvgIpc) is 3.21. The van der Waals surface area contributed by atoms with Gasteiger partial charge in [0.2, 0.25) is 5.13 Å². The van der Waals surface area contributed by atoms with Gasteiger partial charge in [0.1, 0.15) is 0 Å². The van der Waals surface area contributed by atoms with Crippen molar-refractivity contribution in [1.82, 2.24) is 4.98 Å². The molecule has 0 saturated carbocycles. The van der Waals surface area contributed by atoms with Crippen LogP contribution in [0.5, 0.6) is 0 Å². The van der Waals surface area contributed by atoms with E-state index in [9.17, 15) is 9.59 Å². The van der Waals surface area contributed by atoms with Gasteiger partial charge in [-0.2, -0.15) is 5.10 Å². The van der Waals surface area contributed by atoms with E-state index in [1.54, 1.807) is 24.6 Å². The third kappa shape index (κ3) is 6.75. The Balaban J connectivity index is 1.66. The molecular weight excluding hydrogens is 426 g/mol. The van der Waals surface area contributed by atoms with Crippen molar-refractivity contribution in [3.8, 4) is 11.1 Å². The van der Waals surface area contributed by atoms with Crippen molar-refractivity contribution >= 4 is 34.6 Å².